The van der Waals surface area contributed by atoms with Crippen LogP contribution in [0.25, 0.3) is 11.0 Å². The lowest BCUT2D eigenvalue weighted by molar-refractivity contribution is -0.124. The van der Waals surface area contributed by atoms with E-state index in [1.165, 1.54) is 0 Å². The van der Waals surface area contributed by atoms with Crippen LogP contribution in [0.4, 0.5) is 11.9 Å². The Kier molecular flexibility index (Phi) is 5.95. The molecule has 0 spiro atoms. The lowest BCUT2D eigenvalue weighted by Crippen LogP contribution is -2.32. The smallest absolute Gasteiger partial charge is 0.243 e. The van der Waals surface area contributed by atoms with Crippen molar-refractivity contribution >= 4 is 28.8 Å². The van der Waals surface area contributed by atoms with Crippen molar-refractivity contribution < 1.29 is 4.79 Å². The minimum Gasteiger partial charge on any atom is -0.368 e. The number of benzene rings is 1. The molecule has 3 aromatic rings. The molecule has 1 atom stereocenters. The zero-order valence-corrected chi connectivity index (χ0v) is 17.5. The SMILES string of the molecule is CC(C)Cc1nc2ccccc2n1[C@@H](C)C(=O)NCc1nc(N)nc(N(C)C)n1. The van der Waals surface area contributed by atoms with Gasteiger partial charge in [-0.3, -0.25) is 4.79 Å². The standard InChI is InChI=1S/C20H28N8O/c1-12(2)10-17-23-14-8-6-7-9-15(14)28(17)13(3)18(29)22-11-16-24-19(21)26-20(25-16)27(4)5/h6-9,12-13H,10-11H2,1-5H3,(H,22,29)(H2,21,24,25,26)/t13-/m0/s1. The first-order valence-electron chi connectivity index (χ1n) is 9.67. The summed E-state index contributed by atoms with van der Waals surface area (Å²) in [6.45, 7) is 6.33. The molecule has 9 nitrogen and oxygen atoms in total. The molecule has 0 saturated heterocycles. The predicted molar refractivity (Wildman–Crippen MR) is 113 cm³/mol. The lowest BCUT2D eigenvalue weighted by Gasteiger charge is -2.18. The fraction of sp³-hybridized carbons (Fsp3) is 0.450. The molecule has 1 amide bonds. The predicted octanol–water partition coefficient (Wildman–Crippen LogP) is 1.95. The molecular formula is C20H28N8O. The fourth-order valence-corrected chi connectivity index (χ4v) is 3.17. The summed E-state index contributed by atoms with van der Waals surface area (Å²) in [5, 5.41) is 2.91. The summed E-state index contributed by atoms with van der Waals surface area (Å²) < 4.78 is 2.01. The van der Waals surface area contributed by atoms with E-state index in [1.807, 2.05) is 49.9 Å². The van der Waals surface area contributed by atoms with E-state index in [9.17, 15) is 4.79 Å². The Labute approximate surface area is 170 Å². The molecule has 0 bridgehead atoms. The van der Waals surface area contributed by atoms with Crippen LogP contribution in [0.1, 0.15) is 38.5 Å². The van der Waals surface area contributed by atoms with Gasteiger partial charge < -0.3 is 20.5 Å². The summed E-state index contributed by atoms with van der Waals surface area (Å²) in [5.41, 5.74) is 7.60. The maximum Gasteiger partial charge on any atom is 0.243 e. The average Bonchev–Trinajstić information content (AvgIpc) is 3.02. The van der Waals surface area contributed by atoms with E-state index in [4.69, 9.17) is 10.7 Å². The van der Waals surface area contributed by atoms with Gasteiger partial charge in [-0.05, 0) is 25.0 Å². The van der Waals surface area contributed by atoms with Gasteiger partial charge in [-0.15, -0.1) is 0 Å². The van der Waals surface area contributed by atoms with E-state index < -0.39 is 6.04 Å². The van der Waals surface area contributed by atoms with E-state index in [2.05, 4.69) is 34.1 Å². The molecule has 0 fully saturated rings. The second-order valence-corrected chi connectivity index (χ2v) is 7.68. The summed E-state index contributed by atoms with van der Waals surface area (Å²) in [7, 11) is 3.64. The molecule has 154 valence electrons. The normalized spacial score (nSPS) is 12.3. The van der Waals surface area contributed by atoms with Crippen molar-refractivity contribution in [3.05, 3.63) is 35.9 Å². The van der Waals surface area contributed by atoms with Crippen LogP contribution in [0.15, 0.2) is 24.3 Å². The fourth-order valence-electron chi connectivity index (χ4n) is 3.17. The van der Waals surface area contributed by atoms with Crippen LogP contribution in [-0.4, -0.2) is 44.5 Å². The molecular weight excluding hydrogens is 368 g/mol. The van der Waals surface area contributed by atoms with Crippen molar-refractivity contribution in [1.82, 2.24) is 29.8 Å². The van der Waals surface area contributed by atoms with E-state index in [0.29, 0.717) is 17.7 Å². The Morgan fingerprint density at radius 2 is 1.86 bits per heavy atom. The quantitative estimate of drug-likeness (QED) is 0.627. The van der Waals surface area contributed by atoms with Crippen molar-refractivity contribution in [1.29, 1.82) is 0 Å². The largest absolute Gasteiger partial charge is 0.368 e. The van der Waals surface area contributed by atoms with Crippen LogP contribution in [0.5, 0.6) is 0 Å². The molecule has 0 aliphatic heterocycles. The van der Waals surface area contributed by atoms with Crippen molar-refractivity contribution in [3.8, 4) is 0 Å². The zero-order valence-electron chi connectivity index (χ0n) is 17.5. The number of fused-ring (bicyclic) bond motifs is 1. The molecule has 9 heteroatoms. The number of carbonyl (C=O) groups excluding carboxylic acids is 1. The number of nitrogens with one attached hydrogen (secondary N) is 1. The Bertz CT molecular complexity index is 1010. The monoisotopic (exact) mass is 396 g/mol. The molecule has 3 rings (SSSR count). The second-order valence-electron chi connectivity index (χ2n) is 7.68. The van der Waals surface area contributed by atoms with E-state index >= 15 is 0 Å². The molecule has 0 unspecified atom stereocenters. The van der Waals surface area contributed by atoms with Crippen molar-refractivity contribution in [2.75, 3.05) is 24.7 Å². The number of nitrogens with zero attached hydrogens (tertiary/aromatic N) is 6. The number of aromatic nitrogens is 5. The number of carbonyl (C=O) groups is 1. The summed E-state index contributed by atoms with van der Waals surface area (Å²) in [4.78, 5) is 31.9. The van der Waals surface area contributed by atoms with Crippen LogP contribution >= 0.6 is 0 Å². The highest BCUT2D eigenvalue weighted by Crippen LogP contribution is 2.23. The van der Waals surface area contributed by atoms with Gasteiger partial charge in [0, 0.05) is 20.5 Å². The maximum absolute atomic E-state index is 12.9. The van der Waals surface area contributed by atoms with Gasteiger partial charge in [-0.25, -0.2) is 4.98 Å². The van der Waals surface area contributed by atoms with Gasteiger partial charge in [0.1, 0.15) is 11.9 Å². The Morgan fingerprint density at radius 3 is 2.55 bits per heavy atom. The van der Waals surface area contributed by atoms with Crippen LogP contribution in [-0.2, 0) is 17.8 Å². The topological polar surface area (TPSA) is 115 Å². The Balaban J connectivity index is 1.82. The molecule has 3 N–H and O–H groups in total. The minimum atomic E-state index is -0.427. The summed E-state index contributed by atoms with van der Waals surface area (Å²) in [5.74, 6) is 2.19. The van der Waals surface area contributed by atoms with Crippen LogP contribution in [0.3, 0.4) is 0 Å². The highest BCUT2D eigenvalue weighted by molar-refractivity contribution is 5.84. The van der Waals surface area contributed by atoms with Crippen LogP contribution in [0, 0.1) is 5.92 Å². The highest BCUT2D eigenvalue weighted by atomic mass is 16.2. The molecule has 1 aromatic carbocycles. The third-order valence-corrected chi connectivity index (χ3v) is 4.53. The van der Waals surface area contributed by atoms with Crippen molar-refractivity contribution in [2.45, 2.75) is 39.8 Å². The molecule has 2 heterocycles. The second kappa shape index (κ2) is 8.42. The van der Waals surface area contributed by atoms with Gasteiger partial charge in [0.15, 0.2) is 5.82 Å². The van der Waals surface area contributed by atoms with Gasteiger partial charge in [-0.1, -0.05) is 26.0 Å². The van der Waals surface area contributed by atoms with E-state index in [0.717, 1.165) is 23.3 Å². The first-order valence-corrected chi connectivity index (χ1v) is 9.67. The maximum atomic E-state index is 12.9. The van der Waals surface area contributed by atoms with Crippen LogP contribution in [0.2, 0.25) is 0 Å². The number of amides is 1. The summed E-state index contributed by atoms with van der Waals surface area (Å²) in [6, 6.07) is 7.45. The third kappa shape index (κ3) is 4.61. The van der Waals surface area contributed by atoms with Gasteiger partial charge in [0.2, 0.25) is 17.8 Å². The van der Waals surface area contributed by atoms with Crippen LogP contribution < -0.4 is 16.0 Å². The molecule has 0 aliphatic rings. The molecule has 0 saturated carbocycles. The first kappa shape index (κ1) is 20.5. The van der Waals surface area contributed by atoms with Crippen molar-refractivity contribution in [2.24, 2.45) is 5.92 Å². The lowest BCUT2D eigenvalue weighted by atomic mass is 10.1. The number of para-hydroxylation sites is 2. The molecule has 29 heavy (non-hydrogen) atoms. The average molecular weight is 396 g/mol. The van der Waals surface area contributed by atoms with Gasteiger partial charge >= 0.3 is 0 Å². The number of imidazole rings is 1. The number of rotatable bonds is 7. The van der Waals surface area contributed by atoms with E-state index in [-0.39, 0.29) is 18.4 Å². The zero-order chi connectivity index (χ0) is 21.1. The Hall–Kier alpha value is -3.23. The first-order chi connectivity index (χ1) is 13.8. The molecule has 0 radical (unpaired) electrons. The summed E-state index contributed by atoms with van der Waals surface area (Å²) in [6.07, 6.45) is 0.794. The van der Waals surface area contributed by atoms with E-state index in [1.54, 1.807) is 4.90 Å². The number of nitrogens with two attached hydrogens (primary N) is 1. The number of anilines is 2. The molecule has 0 aliphatic carbocycles. The third-order valence-electron chi connectivity index (χ3n) is 4.53. The van der Waals surface area contributed by atoms with Crippen molar-refractivity contribution in [3.63, 3.8) is 0 Å². The van der Waals surface area contributed by atoms with Gasteiger partial charge in [0.25, 0.3) is 0 Å². The number of hydrogen-bond acceptors (Lipinski definition) is 7. The highest BCUT2D eigenvalue weighted by Gasteiger charge is 2.22. The molecule has 2 aromatic heterocycles. The minimum absolute atomic E-state index is 0.126. The number of hydrogen-bond donors (Lipinski definition) is 2. The van der Waals surface area contributed by atoms with Gasteiger partial charge in [0.05, 0.1) is 17.6 Å². The van der Waals surface area contributed by atoms with Gasteiger partial charge in [-0.2, -0.15) is 15.0 Å². The summed E-state index contributed by atoms with van der Waals surface area (Å²) >= 11 is 0. The Morgan fingerprint density at radius 1 is 1.14 bits per heavy atom. The number of nitrogen functional groups attached to an aromatic ring is 1.